The minimum atomic E-state index is 0.104. The number of rotatable bonds is 4. The van der Waals surface area contributed by atoms with Gasteiger partial charge in [0.1, 0.15) is 5.78 Å². The summed E-state index contributed by atoms with van der Waals surface area (Å²) >= 11 is 0. The maximum Gasteiger partial charge on any atom is 0.149 e. The topological polar surface area (TPSA) is 40.5 Å². The Morgan fingerprint density at radius 2 is 2.13 bits per heavy atom. The molecule has 0 spiro atoms. The molecule has 0 saturated carbocycles. The minimum absolute atomic E-state index is 0.104. The second-order valence-corrected chi connectivity index (χ2v) is 4.78. The number of carbonyl (C=O) groups excluding carboxylic acids is 1. The number of hydrogen-bond donors (Lipinski definition) is 1. The molecule has 1 unspecified atom stereocenters. The van der Waals surface area contributed by atoms with Crippen LogP contribution in [0.4, 0.5) is 0 Å². The van der Waals surface area contributed by atoms with Crippen molar-refractivity contribution in [3.8, 4) is 0 Å². The fraction of sp³-hybridized carbons (Fsp3) is 0.917. The highest BCUT2D eigenvalue weighted by Gasteiger charge is 2.22. The Bertz CT molecular complexity index is 204. The van der Waals surface area contributed by atoms with E-state index in [2.05, 4.69) is 4.90 Å². The van der Waals surface area contributed by atoms with E-state index in [4.69, 9.17) is 0 Å². The van der Waals surface area contributed by atoms with Gasteiger partial charge in [-0.3, -0.25) is 9.69 Å². The SMILES string of the molecule is CC(C)C(=O)CN1CCCCCC1CO. The zero-order chi connectivity index (χ0) is 11.3. The van der Waals surface area contributed by atoms with Gasteiger partial charge in [0.25, 0.3) is 0 Å². The molecule has 1 aliphatic heterocycles. The molecule has 1 saturated heterocycles. The van der Waals surface area contributed by atoms with Crippen LogP contribution in [-0.4, -0.2) is 41.5 Å². The summed E-state index contributed by atoms with van der Waals surface area (Å²) in [7, 11) is 0. The summed E-state index contributed by atoms with van der Waals surface area (Å²) in [5.74, 6) is 0.392. The van der Waals surface area contributed by atoms with E-state index in [1.54, 1.807) is 0 Å². The standard InChI is InChI=1S/C12H23NO2/c1-10(2)12(15)8-13-7-5-3-4-6-11(13)9-14/h10-11,14H,3-9H2,1-2H3. The van der Waals surface area contributed by atoms with E-state index in [-0.39, 0.29) is 24.3 Å². The smallest absolute Gasteiger partial charge is 0.149 e. The Morgan fingerprint density at radius 1 is 1.40 bits per heavy atom. The van der Waals surface area contributed by atoms with Crippen molar-refractivity contribution in [3.63, 3.8) is 0 Å². The normalized spacial score (nSPS) is 24.1. The van der Waals surface area contributed by atoms with E-state index >= 15 is 0 Å². The molecule has 1 fully saturated rings. The first kappa shape index (κ1) is 12.7. The Balaban J connectivity index is 2.51. The molecule has 0 radical (unpaired) electrons. The number of nitrogens with zero attached hydrogens (tertiary/aromatic N) is 1. The fourth-order valence-electron chi connectivity index (χ4n) is 2.03. The van der Waals surface area contributed by atoms with Gasteiger partial charge in [0.2, 0.25) is 0 Å². The predicted octanol–water partition coefficient (Wildman–Crippen LogP) is 1.45. The first-order valence-electron chi connectivity index (χ1n) is 6.02. The largest absolute Gasteiger partial charge is 0.395 e. The van der Waals surface area contributed by atoms with Crippen molar-refractivity contribution in [3.05, 3.63) is 0 Å². The summed E-state index contributed by atoms with van der Waals surface area (Å²) in [4.78, 5) is 13.8. The molecule has 15 heavy (non-hydrogen) atoms. The quantitative estimate of drug-likeness (QED) is 0.768. The molecular weight excluding hydrogens is 190 g/mol. The highest BCUT2D eigenvalue weighted by Crippen LogP contribution is 2.16. The third kappa shape index (κ3) is 3.92. The van der Waals surface area contributed by atoms with E-state index in [0.29, 0.717) is 6.54 Å². The summed E-state index contributed by atoms with van der Waals surface area (Å²) in [5, 5.41) is 9.28. The molecule has 1 aliphatic rings. The van der Waals surface area contributed by atoms with Crippen molar-refractivity contribution in [2.75, 3.05) is 19.7 Å². The van der Waals surface area contributed by atoms with E-state index in [1.807, 2.05) is 13.8 Å². The van der Waals surface area contributed by atoms with E-state index in [9.17, 15) is 9.90 Å². The Morgan fingerprint density at radius 3 is 2.73 bits per heavy atom. The van der Waals surface area contributed by atoms with Crippen LogP contribution < -0.4 is 0 Å². The number of Topliss-reactive ketones (excluding diaryl/α,β-unsaturated/α-hetero) is 1. The van der Waals surface area contributed by atoms with Crippen molar-refractivity contribution in [2.24, 2.45) is 5.92 Å². The van der Waals surface area contributed by atoms with Gasteiger partial charge in [-0.05, 0) is 19.4 Å². The molecule has 3 nitrogen and oxygen atoms in total. The highest BCUT2D eigenvalue weighted by molar-refractivity contribution is 5.82. The monoisotopic (exact) mass is 213 g/mol. The van der Waals surface area contributed by atoms with Gasteiger partial charge in [0.15, 0.2) is 0 Å². The van der Waals surface area contributed by atoms with Crippen LogP contribution in [0, 0.1) is 5.92 Å². The van der Waals surface area contributed by atoms with Crippen molar-refractivity contribution >= 4 is 5.78 Å². The molecule has 3 heteroatoms. The zero-order valence-electron chi connectivity index (χ0n) is 9.91. The van der Waals surface area contributed by atoms with E-state index < -0.39 is 0 Å². The molecule has 0 amide bonds. The van der Waals surface area contributed by atoms with Crippen LogP contribution in [0.3, 0.4) is 0 Å². The molecular formula is C12H23NO2. The Hall–Kier alpha value is -0.410. The molecule has 0 aliphatic carbocycles. The van der Waals surface area contributed by atoms with E-state index in [1.165, 1.54) is 12.8 Å². The molecule has 0 aromatic rings. The lowest BCUT2D eigenvalue weighted by Gasteiger charge is -2.28. The maximum atomic E-state index is 11.7. The van der Waals surface area contributed by atoms with Gasteiger partial charge >= 0.3 is 0 Å². The van der Waals surface area contributed by atoms with Crippen molar-refractivity contribution in [1.82, 2.24) is 4.90 Å². The van der Waals surface area contributed by atoms with Gasteiger partial charge in [-0.15, -0.1) is 0 Å². The number of aliphatic hydroxyl groups excluding tert-OH is 1. The van der Waals surface area contributed by atoms with Crippen LogP contribution in [0.2, 0.25) is 0 Å². The molecule has 0 aromatic carbocycles. The van der Waals surface area contributed by atoms with Gasteiger partial charge in [0.05, 0.1) is 13.2 Å². The summed E-state index contributed by atoms with van der Waals surface area (Å²) < 4.78 is 0. The summed E-state index contributed by atoms with van der Waals surface area (Å²) in [6.45, 7) is 5.54. The lowest BCUT2D eigenvalue weighted by atomic mass is 10.1. The molecule has 88 valence electrons. The number of ketones is 1. The van der Waals surface area contributed by atoms with Crippen LogP contribution in [0.5, 0.6) is 0 Å². The Kier molecular flexibility index (Phi) is 5.26. The van der Waals surface area contributed by atoms with Crippen LogP contribution in [0.1, 0.15) is 39.5 Å². The van der Waals surface area contributed by atoms with Crippen molar-refractivity contribution in [1.29, 1.82) is 0 Å². The minimum Gasteiger partial charge on any atom is -0.395 e. The van der Waals surface area contributed by atoms with Crippen LogP contribution in [-0.2, 0) is 4.79 Å². The van der Waals surface area contributed by atoms with Gasteiger partial charge in [-0.25, -0.2) is 0 Å². The number of likely N-dealkylation sites (tertiary alicyclic amines) is 1. The first-order chi connectivity index (χ1) is 7.15. The second kappa shape index (κ2) is 6.23. The number of hydrogen-bond acceptors (Lipinski definition) is 3. The maximum absolute atomic E-state index is 11.7. The third-order valence-corrected chi connectivity index (χ3v) is 3.21. The summed E-state index contributed by atoms with van der Waals surface area (Å²) in [6.07, 6.45) is 4.59. The van der Waals surface area contributed by atoms with Gasteiger partial charge in [-0.1, -0.05) is 26.7 Å². The lowest BCUT2D eigenvalue weighted by molar-refractivity contribution is -0.123. The average Bonchev–Trinajstić information content (AvgIpc) is 2.42. The Labute approximate surface area is 92.5 Å². The molecule has 1 atom stereocenters. The number of aliphatic hydroxyl groups is 1. The first-order valence-corrected chi connectivity index (χ1v) is 6.02. The van der Waals surface area contributed by atoms with Gasteiger partial charge in [0, 0.05) is 12.0 Å². The summed E-state index contributed by atoms with van der Waals surface area (Å²) in [6, 6.07) is 0.204. The average molecular weight is 213 g/mol. The second-order valence-electron chi connectivity index (χ2n) is 4.78. The fourth-order valence-corrected chi connectivity index (χ4v) is 2.03. The van der Waals surface area contributed by atoms with Crippen LogP contribution >= 0.6 is 0 Å². The predicted molar refractivity (Wildman–Crippen MR) is 60.8 cm³/mol. The molecule has 1 heterocycles. The molecule has 0 bridgehead atoms. The van der Waals surface area contributed by atoms with Crippen LogP contribution in [0.25, 0.3) is 0 Å². The molecule has 0 aromatic heterocycles. The summed E-state index contributed by atoms with van der Waals surface area (Å²) in [5.41, 5.74) is 0. The van der Waals surface area contributed by atoms with Crippen molar-refractivity contribution in [2.45, 2.75) is 45.6 Å². The zero-order valence-corrected chi connectivity index (χ0v) is 9.91. The van der Waals surface area contributed by atoms with Gasteiger partial charge < -0.3 is 5.11 Å². The van der Waals surface area contributed by atoms with E-state index in [0.717, 1.165) is 19.4 Å². The van der Waals surface area contributed by atoms with Crippen LogP contribution in [0.15, 0.2) is 0 Å². The molecule has 1 rings (SSSR count). The van der Waals surface area contributed by atoms with Crippen molar-refractivity contribution < 1.29 is 9.90 Å². The highest BCUT2D eigenvalue weighted by atomic mass is 16.3. The molecule has 1 N–H and O–H groups in total. The lowest BCUT2D eigenvalue weighted by Crippen LogP contribution is -2.41. The number of carbonyl (C=O) groups is 1. The van der Waals surface area contributed by atoms with Gasteiger partial charge in [-0.2, -0.15) is 0 Å². The third-order valence-electron chi connectivity index (χ3n) is 3.21.